The maximum absolute atomic E-state index is 10.9. The SMILES string of the molecule is Cc1[c]c(S(C)(=O)=O)cnc1. The minimum atomic E-state index is -3.14. The summed E-state index contributed by atoms with van der Waals surface area (Å²) in [6.07, 6.45) is 4.00. The predicted molar refractivity (Wildman–Crippen MR) is 40.9 cm³/mol. The molecule has 0 N–H and O–H groups in total. The maximum Gasteiger partial charge on any atom is 0.177 e. The molecule has 3 nitrogen and oxygen atoms in total. The summed E-state index contributed by atoms with van der Waals surface area (Å²) in [6, 6.07) is 2.70. The van der Waals surface area contributed by atoms with E-state index >= 15 is 0 Å². The summed E-state index contributed by atoms with van der Waals surface area (Å²) in [5.41, 5.74) is 0.730. The molecule has 0 aliphatic carbocycles. The molecular formula is C7H8NO2S. The van der Waals surface area contributed by atoms with Gasteiger partial charge in [-0.2, -0.15) is 0 Å². The van der Waals surface area contributed by atoms with Crippen LogP contribution in [0.15, 0.2) is 17.3 Å². The van der Waals surface area contributed by atoms with E-state index in [0.29, 0.717) is 0 Å². The molecule has 0 aliphatic heterocycles. The fourth-order valence-corrected chi connectivity index (χ4v) is 1.26. The van der Waals surface area contributed by atoms with Gasteiger partial charge in [0.25, 0.3) is 0 Å². The van der Waals surface area contributed by atoms with Crippen molar-refractivity contribution >= 4 is 9.84 Å². The summed E-state index contributed by atoms with van der Waals surface area (Å²) in [4.78, 5) is 3.89. The molecule has 0 spiro atoms. The van der Waals surface area contributed by atoms with Gasteiger partial charge >= 0.3 is 0 Å². The molecule has 59 valence electrons. The Morgan fingerprint density at radius 3 is 2.45 bits per heavy atom. The Labute approximate surface area is 66.0 Å². The van der Waals surface area contributed by atoms with Crippen LogP contribution in [0.25, 0.3) is 0 Å². The van der Waals surface area contributed by atoms with Crippen molar-refractivity contribution in [1.29, 1.82) is 0 Å². The molecule has 1 aromatic heterocycles. The van der Waals surface area contributed by atoms with Crippen molar-refractivity contribution < 1.29 is 8.42 Å². The number of aryl methyl sites for hydroxylation is 1. The highest BCUT2D eigenvalue weighted by Crippen LogP contribution is 2.06. The molecule has 0 bridgehead atoms. The molecule has 1 aromatic rings. The molecule has 0 atom stereocenters. The Bertz CT molecular complexity index is 356. The number of aromatic nitrogens is 1. The third-order valence-corrected chi connectivity index (χ3v) is 2.19. The summed E-state index contributed by atoms with van der Waals surface area (Å²) < 4.78 is 21.8. The van der Waals surface area contributed by atoms with E-state index in [1.165, 1.54) is 6.20 Å². The quantitative estimate of drug-likeness (QED) is 0.619. The Balaban J connectivity index is 3.28. The van der Waals surface area contributed by atoms with Crippen molar-refractivity contribution in [3.8, 4) is 0 Å². The van der Waals surface area contributed by atoms with E-state index in [2.05, 4.69) is 11.1 Å². The summed E-state index contributed by atoms with van der Waals surface area (Å²) in [7, 11) is -3.14. The molecule has 0 fully saturated rings. The number of sulfone groups is 1. The summed E-state index contributed by atoms with van der Waals surface area (Å²) in [6.45, 7) is 1.75. The van der Waals surface area contributed by atoms with Crippen molar-refractivity contribution in [2.75, 3.05) is 6.26 Å². The first-order valence-corrected chi connectivity index (χ1v) is 4.93. The number of nitrogens with zero attached hydrogens (tertiary/aromatic N) is 1. The lowest BCUT2D eigenvalue weighted by atomic mass is 10.3. The Hall–Kier alpha value is -0.900. The highest BCUT2D eigenvalue weighted by atomic mass is 32.2. The molecule has 0 aromatic carbocycles. The molecule has 0 unspecified atom stereocenters. The first-order valence-electron chi connectivity index (χ1n) is 3.04. The minimum absolute atomic E-state index is 0.150. The van der Waals surface area contributed by atoms with Crippen LogP contribution in [-0.2, 0) is 9.84 Å². The fraction of sp³-hybridized carbons (Fsp3) is 0.286. The number of pyridine rings is 1. The van der Waals surface area contributed by atoms with Crippen LogP contribution in [0.3, 0.4) is 0 Å². The van der Waals surface area contributed by atoms with Gasteiger partial charge < -0.3 is 0 Å². The molecule has 0 aliphatic rings. The minimum Gasteiger partial charge on any atom is -0.263 e. The zero-order chi connectivity index (χ0) is 8.48. The van der Waals surface area contributed by atoms with Gasteiger partial charge in [-0.1, -0.05) is 0 Å². The van der Waals surface area contributed by atoms with Gasteiger partial charge in [-0.3, -0.25) is 4.98 Å². The predicted octanol–water partition coefficient (Wildman–Crippen LogP) is 0.594. The Morgan fingerprint density at radius 1 is 1.45 bits per heavy atom. The van der Waals surface area contributed by atoms with Gasteiger partial charge in [0.05, 0.1) is 4.90 Å². The second kappa shape index (κ2) is 2.62. The Morgan fingerprint density at radius 2 is 2.09 bits per heavy atom. The van der Waals surface area contributed by atoms with Crippen LogP contribution in [-0.4, -0.2) is 19.7 Å². The van der Waals surface area contributed by atoms with Gasteiger partial charge in [0.2, 0.25) is 0 Å². The Kier molecular flexibility index (Phi) is 1.95. The second-order valence-corrected chi connectivity index (χ2v) is 4.34. The van der Waals surface area contributed by atoms with Crippen molar-refractivity contribution in [2.45, 2.75) is 11.8 Å². The standard InChI is InChI=1S/C7H8NO2S/c1-6-3-7(5-8-4-6)11(2,9)10/h4-5H,1-2H3. The van der Waals surface area contributed by atoms with Crippen LogP contribution in [0.2, 0.25) is 0 Å². The van der Waals surface area contributed by atoms with Gasteiger partial charge in [0.1, 0.15) is 0 Å². The van der Waals surface area contributed by atoms with E-state index < -0.39 is 9.84 Å². The van der Waals surface area contributed by atoms with Crippen LogP contribution in [0, 0.1) is 13.0 Å². The van der Waals surface area contributed by atoms with Gasteiger partial charge in [-0.05, 0) is 12.5 Å². The molecule has 4 heteroatoms. The molecule has 11 heavy (non-hydrogen) atoms. The van der Waals surface area contributed by atoms with Crippen LogP contribution < -0.4 is 0 Å². The van der Waals surface area contributed by atoms with E-state index in [1.807, 2.05) is 0 Å². The molecule has 1 heterocycles. The van der Waals surface area contributed by atoms with E-state index in [1.54, 1.807) is 13.1 Å². The second-order valence-electron chi connectivity index (χ2n) is 2.35. The average molecular weight is 170 g/mol. The van der Waals surface area contributed by atoms with E-state index in [-0.39, 0.29) is 4.90 Å². The monoisotopic (exact) mass is 170 g/mol. The normalized spacial score (nSPS) is 11.5. The smallest absolute Gasteiger partial charge is 0.177 e. The van der Waals surface area contributed by atoms with Gasteiger partial charge in [-0.25, -0.2) is 8.42 Å². The van der Waals surface area contributed by atoms with Crippen molar-refractivity contribution in [3.63, 3.8) is 0 Å². The zero-order valence-corrected chi connectivity index (χ0v) is 7.14. The van der Waals surface area contributed by atoms with Gasteiger partial charge in [0.15, 0.2) is 9.84 Å². The third kappa shape index (κ3) is 2.01. The highest BCUT2D eigenvalue weighted by molar-refractivity contribution is 7.90. The van der Waals surface area contributed by atoms with Gasteiger partial charge in [0, 0.05) is 24.7 Å². The lowest BCUT2D eigenvalue weighted by Crippen LogP contribution is -1.98. The van der Waals surface area contributed by atoms with E-state index in [4.69, 9.17) is 0 Å². The first kappa shape index (κ1) is 8.20. The third-order valence-electron chi connectivity index (χ3n) is 1.18. The highest BCUT2D eigenvalue weighted by Gasteiger charge is 2.06. The van der Waals surface area contributed by atoms with Crippen molar-refractivity contribution in [3.05, 3.63) is 24.0 Å². The molecular weight excluding hydrogens is 162 g/mol. The molecule has 0 amide bonds. The molecule has 1 rings (SSSR count). The number of rotatable bonds is 1. The summed E-state index contributed by atoms with van der Waals surface area (Å²) in [5, 5.41) is 0. The number of hydrogen-bond donors (Lipinski definition) is 0. The van der Waals surface area contributed by atoms with Crippen molar-refractivity contribution in [2.24, 2.45) is 0 Å². The maximum atomic E-state index is 10.9. The van der Waals surface area contributed by atoms with Crippen LogP contribution in [0.1, 0.15) is 5.56 Å². The summed E-state index contributed by atoms with van der Waals surface area (Å²) in [5.74, 6) is 0. The molecule has 0 saturated carbocycles. The lowest BCUT2D eigenvalue weighted by molar-refractivity contribution is 0.601. The van der Waals surface area contributed by atoms with E-state index in [9.17, 15) is 8.42 Å². The fourth-order valence-electron chi connectivity index (χ4n) is 0.664. The zero-order valence-electron chi connectivity index (χ0n) is 6.33. The first-order chi connectivity index (χ1) is 5.00. The summed E-state index contributed by atoms with van der Waals surface area (Å²) >= 11 is 0. The van der Waals surface area contributed by atoms with Crippen molar-refractivity contribution in [1.82, 2.24) is 4.98 Å². The molecule has 0 saturated heterocycles. The lowest BCUT2D eigenvalue weighted by Gasteiger charge is -1.95. The number of hydrogen-bond acceptors (Lipinski definition) is 3. The largest absolute Gasteiger partial charge is 0.263 e. The molecule has 1 radical (unpaired) electrons. The van der Waals surface area contributed by atoms with Crippen LogP contribution >= 0.6 is 0 Å². The van der Waals surface area contributed by atoms with E-state index in [0.717, 1.165) is 11.8 Å². The topological polar surface area (TPSA) is 47.0 Å². The van der Waals surface area contributed by atoms with Crippen LogP contribution in [0.4, 0.5) is 0 Å². The van der Waals surface area contributed by atoms with Crippen LogP contribution in [0.5, 0.6) is 0 Å². The van der Waals surface area contributed by atoms with Gasteiger partial charge in [-0.15, -0.1) is 0 Å². The average Bonchev–Trinajstić information content (AvgIpc) is 1.86.